The first-order valence-electron chi connectivity index (χ1n) is 9.18. The van der Waals surface area contributed by atoms with Crippen molar-refractivity contribution >= 4 is 51.0 Å². The zero-order chi connectivity index (χ0) is 23.1. The molecular formula is C20H22N2O8S. The molecule has 0 saturated carbocycles. The maximum Gasteiger partial charge on any atom is 0.328 e. The number of benzene rings is 1. The molecule has 166 valence electrons. The molecule has 0 radical (unpaired) electrons. The summed E-state index contributed by atoms with van der Waals surface area (Å²) < 4.78 is 15.4. The van der Waals surface area contributed by atoms with Gasteiger partial charge < -0.3 is 25.3 Å². The summed E-state index contributed by atoms with van der Waals surface area (Å²) in [4.78, 5) is 60.1. The van der Waals surface area contributed by atoms with Crippen LogP contribution in [0.4, 0.5) is 0 Å². The van der Waals surface area contributed by atoms with Gasteiger partial charge in [-0.3, -0.25) is 19.2 Å². The number of aryl methyl sites for hydroxylation is 1. The van der Waals surface area contributed by atoms with Crippen molar-refractivity contribution < 1.29 is 38.2 Å². The Balaban J connectivity index is 2.25. The average Bonchev–Trinajstić information content (AvgIpc) is 3.14. The lowest BCUT2D eigenvalue weighted by Crippen LogP contribution is -2.44. The molecule has 31 heavy (non-hydrogen) atoms. The highest BCUT2D eigenvalue weighted by Gasteiger charge is 2.27. The van der Waals surface area contributed by atoms with Crippen molar-refractivity contribution in [1.82, 2.24) is 5.32 Å². The lowest BCUT2D eigenvalue weighted by Gasteiger charge is -2.16. The molecule has 0 saturated heterocycles. The third-order valence-corrected chi connectivity index (χ3v) is 5.60. The van der Waals surface area contributed by atoms with Crippen LogP contribution >= 0.6 is 11.3 Å². The molecule has 0 fully saturated rings. The first kappa shape index (κ1) is 23.8. The minimum atomic E-state index is -1.25. The monoisotopic (exact) mass is 450 g/mol. The third-order valence-electron chi connectivity index (χ3n) is 4.30. The number of methoxy groups -OCH3 is 2. The summed E-state index contributed by atoms with van der Waals surface area (Å²) in [6.45, 7) is 1.32. The fraction of sp³-hybridized carbons (Fsp3) is 0.350. The quantitative estimate of drug-likeness (QED) is 0.305. The molecule has 0 bridgehead atoms. The predicted molar refractivity (Wildman–Crippen MR) is 111 cm³/mol. The van der Waals surface area contributed by atoms with Crippen LogP contribution in [-0.2, 0) is 35.1 Å². The van der Waals surface area contributed by atoms with E-state index in [1.807, 2.05) is 6.92 Å². The Morgan fingerprint density at radius 2 is 1.84 bits per heavy atom. The molecule has 0 aliphatic rings. The summed E-state index contributed by atoms with van der Waals surface area (Å²) >= 11 is 1.32. The van der Waals surface area contributed by atoms with Crippen molar-refractivity contribution in [3.8, 4) is 5.75 Å². The molecule has 11 heteroatoms. The topological polar surface area (TPSA) is 151 Å². The van der Waals surface area contributed by atoms with E-state index < -0.39 is 48.6 Å². The summed E-state index contributed by atoms with van der Waals surface area (Å²) in [6.07, 6.45) is 0.0914. The Bertz CT molecular complexity index is 1030. The molecule has 1 heterocycles. The van der Waals surface area contributed by atoms with Gasteiger partial charge in [0.2, 0.25) is 0 Å². The van der Waals surface area contributed by atoms with Crippen LogP contribution in [0.5, 0.6) is 5.75 Å². The smallest absolute Gasteiger partial charge is 0.328 e. The number of hydrogen-bond acceptors (Lipinski definition) is 9. The Kier molecular flexibility index (Phi) is 8.08. The number of thiophene rings is 1. The zero-order valence-electron chi connectivity index (χ0n) is 17.2. The molecule has 0 aliphatic carbocycles. The van der Waals surface area contributed by atoms with Crippen molar-refractivity contribution in [2.75, 3.05) is 20.8 Å². The molecule has 2 amide bonds. The SMILES string of the molecule is CCc1sc2cccc(OCC(=O)N[C@H](CC(=O)OC)C(=O)OC)c2c1C(=O)C(N)=O. The van der Waals surface area contributed by atoms with Gasteiger partial charge in [0.05, 0.1) is 26.2 Å². The number of ketones is 1. The molecule has 1 aromatic carbocycles. The number of amides is 2. The Labute approximate surface area is 181 Å². The van der Waals surface area contributed by atoms with Crippen molar-refractivity contribution in [2.45, 2.75) is 25.8 Å². The molecule has 3 N–H and O–H groups in total. The average molecular weight is 450 g/mol. The maximum absolute atomic E-state index is 12.4. The third kappa shape index (κ3) is 5.57. The van der Waals surface area contributed by atoms with Gasteiger partial charge in [0, 0.05) is 15.0 Å². The van der Waals surface area contributed by atoms with Gasteiger partial charge in [0.15, 0.2) is 6.61 Å². The van der Waals surface area contributed by atoms with E-state index >= 15 is 0 Å². The second-order valence-electron chi connectivity index (χ2n) is 6.29. The number of primary amides is 1. The summed E-state index contributed by atoms with van der Waals surface area (Å²) in [6, 6.07) is 3.74. The first-order valence-corrected chi connectivity index (χ1v) is 10.00. The van der Waals surface area contributed by atoms with Crippen molar-refractivity contribution in [3.63, 3.8) is 0 Å². The molecular weight excluding hydrogens is 428 g/mol. The number of rotatable bonds is 10. The number of nitrogens with two attached hydrogens (primary N) is 1. The van der Waals surface area contributed by atoms with Gasteiger partial charge in [-0.2, -0.15) is 0 Å². The van der Waals surface area contributed by atoms with Crippen LogP contribution in [0.1, 0.15) is 28.6 Å². The van der Waals surface area contributed by atoms with Crippen molar-refractivity contribution in [3.05, 3.63) is 28.6 Å². The molecule has 10 nitrogen and oxygen atoms in total. The summed E-state index contributed by atoms with van der Waals surface area (Å²) in [7, 11) is 2.27. The number of ether oxygens (including phenoxy) is 3. The Hall–Kier alpha value is -3.47. The van der Waals surface area contributed by atoms with Crippen LogP contribution in [-0.4, -0.2) is 56.4 Å². The predicted octanol–water partition coefficient (Wildman–Crippen LogP) is 0.731. The van der Waals surface area contributed by atoms with Gasteiger partial charge >= 0.3 is 11.9 Å². The molecule has 0 unspecified atom stereocenters. The van der Waals surface area contributed by atoms with Crippen LogP contribution in [0.2, 0.25) is 0 Å². The maximum atomic E-state index is 12.4. The molecule has 1 aromatic heterocycles. The molecule has 2 rings (SSSR count). The minimum Gasteiger partial charge on any atom is -0.483 e. The van der Waals surface area contributed by atoms with E-state index in [0.717, 1.165) is 14.2 Å². The lowest BCUT2D eigenvalue weighted by atomic mass is 10.0. The van der Waals surface area contributed by atoms with Crippen LogP contribution in [0.15, 0.2) is 18.2 Å². The summed E-state index contributed by atoms with van der Waals surface area (Å²) in [5.41, 5.74) is 5.35. The zero-order valence-corrected chi connectivity index (χ0v) is 18.0. The van der Waals surface area contributed by atoms with E-state index in [-0.39, 0.29) is 11.3 Å². The largest absolute Gasteiger partial charge is 0.483 e. The van der Waals surface area contributed by atoms with E-state index in [1.54, 1.807) is 18.2 Å². The Morgan fingerprint density at radius 1 is 1.13 bits per heavy atom. The van der Waals surface area contributed by atoms with Gasteiger partial charge in [-0.15, -0.1) is 11.3 Å². The second kappa shape index (κ2) is 10.5. The highest BCUT2D eigenvalue weighted by Crippen LogP contribution is 2.38. The van der Waals surface area contributed by atoms with E-state index in [2.05, 4.69) is 14.8 Å². The number of Topliss-reactive ketones (excluding diaryl/α,β-unsaturated/α-hetero) is 1. The molecule has 2 aromatic rings. The van der Waals surface area contributed by atoms with Gasteiger partial charge in [-0.05, 0) is 18.6 Å². The first-order chi connectivity index (χ1) is 14.7. The van der Waals surface area contributed by atoms with Gasteiger partial charge in [-0.1, -0.05) is 13.0 Å². The van der Waals surface area contributed by atoms with Gasteiger partial charge in [0.1, 0.15) is 11.8 Å². The number of fused-ring (bicyclic) bond motifs is 1. The molecule has 0 aliphatic heterocycles. The number of hydrogen-bond donors (Lipinski definition) is 2. The highest BCUT2D eigenvalue weighted by atomic mass is 32.1. The van der Waals surface area contributed by atoms with E-state index in [0.29, 0.717) is 21.4 Å². The highest BCUT2D eigenvalue weighted by molar-refractivity contribution is 7.19. The van der Waals surface area contributed by atoms with Crippen LogP contribution in [0.25, 0.3) is 10.1 Å². The second-order valence-corrected chi connectivity index (χ2v) is 7.43. The number of carbonyl (C=O) groups excluding carboxylic acids is 5. The fourth-order valence-electron chi connectivity index (χ4n) is 2.86. The van der Waals surface area contributed by atoms with Crippen LogP contribution in [0.3, 0.4) is 0 Å². The van der Waals surface area contributed by atoms with Gasteiger partial charge in [0.25, 0.3) is 17.6 Å². The number of carbonyl (C=O) groups is 5. The summed E-state index contributed by atoms with van der Waals surface area (Å²) in [5, 5.41) is 2.73. The van der Waals surface area contributed by atoms with Crippen molar-refractivity contribution in [1.29, 1.82) is 0 Å². The molecule has 1 atom stereocenters. The molecule has 0 spiro atoms. The van der Waals surface area contributed by atoms with Crippen molar-refractivity contribution in [2.24, 2.45) is 5.73 Å². The van der Waals surface area contributed by atoms with Gasteiger partial charge in [-0.25, -0.2) is 4.79 Å². The van der Waals surface area contributed by atoms with E-state index in [1.165, 1.54) is 11.3 Å². The lowest BCUT2D eigenvalue weighted by molar-refractivity contribution is -0.150. The van der Waals surface area contributed by atoms with E-state index in [4.69, 9.17) is 10.5 Å². The summed E-state index contributed by atoms with van der Waals surface area (Å²) in [5.74, 6) is -3.96. The van der Waals surface area contributed by atoms with E-state index in [9.17, 15) is 24.0 Å². The number of esters is 2. The number of nitrogens with one attached hydrogen (secondary N) is 1. The van der Waals surface area contributed by atoms with Crippen LogP contribution < -0.4 is 15.8 Å². The Morgan fingerprint density at radius 3 is 2.42 bits per heavy atom. The minimum absolute atomic E-state index is 0.157. The van der Waals surface area contributed by atoms with Crippen LogP contribution in [0, 0.1) is 0 Å². The fourth-order valence-corrected chi connectivity index (χ4v) is 4.02. The standard InChI is InChI=1S/C20H22N2O8S/c1-4-12-17(18(25)19(21)26)16-11(6-5-7-13(16)31-12)30-9-14(23)22-10(20(27)29-3)8-15(24)28-2/h5-7,10H,4,8-9H2,1-3H3,(H2,21,26)(H,22,23)/t10-/m1/s1. The normalized spacial score (nSPS) is 11.5.